The summed E-state index contributed by atoms with van der Waals surface area (Å²) in [5, 5.41) is 10.5. The van der Waals surface area contributed by atoms with Crippen LogP contribution in [0.2, 0.25) is 0 Å². The minimum absolute atomic E-state index is 0.0678. The van der Waals surface area contributed by atoms with E-state index in [1.165, 1.54) is 18.0 Å². The summed E-state index contributed by atoms with van der Waals surface area (Å²) in [5.74, 6) is 0.504. The number of anilines is 1. The molecule has 3 rings (SSSR count). The summed E-state index contributed by atoms with van der Waals surface area (Å²) in [5.41, 5.74) is 1.20. The molecule has 1 N–H and O–H groups in total. The molecule has 1 amide bonds. The van der Waals surface area contributed by atoms with E-state index in [1.54, 1.807) is 43.3 Å². The Morgan fingerprint density at radius 3 is 2.44 bits per heavy atom. The Hall–Kier alpha value is -2.87. The van der Waals surface area contributed by atoms with Gasteiger partial charge in [0.05, 0.1) is 11.5 Å². The quantitative estimate of drug-likeness (QED) is 0.478. The smallest absolute Gasteiger partial charge is 0.284 e. The van der Waals surface area contributed by atoms with E-state index in [0.29, 0.717) is 22.2 Å². The molecule has 0 aliphatic rings. The molecule has 140 valence electrons. The first kappa shape index (κ1) is 18.9. The van der Waals surface area contributed by atoms with E-state index in [2.05, 4.69) is 15.5 Å². The van der Waals surface area contributed by atoms with Gasteiger partial charge in [-0.05, 0) is 43.3 Å². The number of Topliss-reactive ketones (excluding diaryl/α,β-unsaturated/α-hetero) is 1. The third kappa shape index (κ3) is 4.65. The fourth-order valence-electron chi connectivity index (χ4n) is 2.20. The largest absolute Gasteiger partial charge is 0.459 e. The first-order valence-corrected chi connectivity index (χ1v) is 9.31. The molecule has 3 aromatic rings. The first-order valence-electron chi connectivity index (χ1n) is 8.43. The molecule has 0 saturated heterocycles. The summed E-state index contributed by atoms with van der Waals surface area (Å²) >= 11 is 1.18. The number of aromatic nitrogens is 2. The Balaban J connectivity index is 1.62. The van der Waals surface area contributed by atoms with E-state index in [0.717, 1.165) is 0 Å². The number of nitrogens with zero attached hydrogens (tertiary/aromatic N) is 2. The molecule has 2 aromatic heterocycles. The van der Waals surface area contributed by atoms with Crippen LogP contribution >= 0.6 is 11.8 Å². The van der Waals surface area contributed by atoms with Gasteiger partial charge in [-0.1, -0.05) is 25.6 Å². The van der Waals surface area contributed by atoms with Crippen molar-refractivity contribution in [2.45, 2.75) is 31.2 Å². The summed E-state index contributed by atoms with van der Waals surface area (Å²) < 4.78 is 10.7. The van der Waals surface area contributed by atoms with Crippen LogP contribution in [0.25, 0.3) is 11.7 Å². The van der Waals surface area contributed by atoms with Gasteiger partial charge in [-0.25, -0.2) is 0 Å². The van der Waals surface area contributed by atoms with Gasteiger partial charge in [0.15, 0.2) is 11.5 Å². The lowest BCUT2D eigenvalue weighted by Crippen LogP contribution is -2.18. The predicted octanol–water partition coefficient (Wildman–Crippen LogP) is 4.29. The van der Waals surface area contributed by atoms with Crippen LogP contribution in [0.15, 0.2) is 56.7 Å². The molecule has 1 atom stereocenters. The molecule has 0 aliphatic carbocycles. The van der Waals surface area contributed by atoms with E-state index >= 15 is 0 Å². The van der Waals surface area contributed by atoms with Crippen molar-refractivity contribution < 1.29 is 18.4 Å². The Morgan fingerprint density at radius 1 is 1.07 bits per heavy atom. The van der Waals surface area contributed by atoms with Gasteiger partial charge in [-0.3, -0.25) is 9.59 Å². The van der Waals surface area contributed by atoms with Crippen molar-refractivity contribution in [3.63, 3.8) is 0 Å². The molecular formula is C19H19N3O4S. The molecule has 0 saturated carbocycles. The number of thioether (sulfide) groups is 1. The van der Waals surface area contributed by atoms with Crippen molar-refractivity contribution in [1.82, 2.24) is 10.2 Å². The number of amides is 1. The van der Waals surface area contributed by atoms with Crippen molar-refractivity contribution in [2.75, 3.05) is 5.32 Å². The number of benzene rings is 1. The topological polar surface area (TPSA) is 98.2 Å². The van der Waals surface area contributed by atoms with Crippen molar-refractivity contribution in [2.24, 2.45) is 5.92 Å². The van der Waals surface area contributed by atoms with Crippen molar-refractivity contribution in [3.8, 4) is 11.7 Å². The molecule has 2 heterocycles. The third-order valence-corrected chi connectivity index (χ3v) is 4.68. The molecule has 7 nitrogen and oxygen atoms in total. The van der Waals surface area contributed by atoms with Gasteiger partial charge in [0.1, 0.15) is 0 Å². The maximum Gasteiger partial charge on any atom is 0.284 e. The van der Waals surface area contributed by atoms with Crippen LogP contribution in [0.1, 0.15) is 31.1 Å². The molecule has 0 radical (unpaired) electrons. The van der Waals surface area contributed by atoms with Gasteiger partial charge in [0.25, 0.3) is 11.1 Å². The van der Waals surface area contributed by atoms with Gasteiger partial charge in [-0.2, -0.15) is 0 Å². The Bertz CT molecular complexity index is 917. The second-order valence-corrected chi connectivity index (χ2v) is 7.49. The van der Waals surface area contributed by atoms with Crippen LogP contribution in [0, 0.1) is 5.92 Å². The van der Waals surface area contributed by atoms with Crippen LogP contribution < -0.4 is 5.32 Å². The minimum Gasteiger partial charge on any atom is -0.459 e. The number of nitrogens with one attached hydrogen (secondary N) is 1. The molecule has 1 aromatic carbocycles. The lowest BCUT2D eigenvalue weighted by Gasteiger charge is -2.10. The van der Waals surface area contributed by atoms with Gasteiger partial charge < -0.3 is 14.2 Å². The Kier molecular flexibility index (Phi) is 5.75. The second kappa shape index (κ2) is 8.22. The molecule has 0 spiro atoms. The molecule has 0 aliphatic heterocycles. The van der Waals surface area contributed by atoms with Crippen LogP contribution in [-0.4, -0.2) is 27.1 Å². The van der Waals surface area contributed by atoms with E-state index in [4.69, 9.17) is 8.83 Å². The minimum atomic E-state index is -0.411. The summed E-state index contributed by atoms with van der Waals surface area (Å²) in [6.45, 7) is 5.42. The number of carbonyl (C=O) groups is 2. The van der Waals surface area contributed by atoms with Gasteiger partial charge in [0, 0.05) is 17.2 Å². The molecule has 0 fully saturated rings. The maximum absolute atomic E-state index is 12.6. The Morgan fingerprint density at radius 2 is 1.81 bits per heavy atom. The highest BCUT2D eigenvalue weighted by molar-refractivity contribution is 8.00. The fraction of sp³-hybridized carbons (Fsp3) is 0.263. The average molecular weight is 385 g/mol. The number of hydrogen-bond donors (Lipinski definition) is 1. The standard InChI is InChI=1S/C19H19N3O4S/c1-11(2)17(24)20-14-8-6-13(7-9-14)16(23)12(3)27-19-22-21-18(26-19)15-5-4-10-25-15/h4-12H,1-3H3,(H,20,24). The van der Waals surface area contributed by atoms with E-state index in [1.807, 2.05) is 13.8 Å². The summed E-state index contributed by atoms with van der Waals surface area (Å²) in [6, 6.07) is 10.3. The van der Waals surface area contributed by atoms with E-state index in [-0.39, 0.29) is 23.5 Å². The number of furan rings is 1. The monoisotopic (exact) mass is 385 g/mol. The number of rotatable bonds is 7. The summed E-state index contributed by atoms with van der Waals surface area (Å²) in [7, 11) is 0. The highest BCUT2D eigenvalue weighted by atomic mass is 32.2. The molecule has 27 heavy (non-hydrogen) atoms. The zero-order valence-electron chi connectivity index (χ0n) is 15.1. The SMILES string of the molecule is CC(C)C(=O)Nc1ccc(C(=O)C(C)Sc2nnc(-c3ccco3)o2)cc1. The van der Waals surface area contributed by atoms with Crippen LogP contribution in [0.3, 0.4) is 0 Å². The number of ketones is 1. The lowest BCUT2D eigenvalue weighted by molar-refractivity contribution is -0.118. The fourth-order valence-corrected chi connectivity index (χ4v) is 2.96. The molecule has 1 unspecified atom stereocenters. The zero-order valence-corrected chi connectivity index (χ0v) is 15.9. The van der Waals surface area contributed by atoms with Crippen LogP contribution in [0.5, 0.6) is 0 Å². The summed E-state index contributed by atoms with van der Waals surface area (Å²) in [4.78, 5) is 24.3. The van der Waals surface area contributed by atoms with Crippen molar-refractivity contribution >= 4 is 29.1 Å². The maximum atomic E-state index is 12.6. The van der Waals surface area contributed by atoms with Gasteiger partial charge in [-0.15, -0.1) is 10.2 Å². The Labute approximate surface area is 160 Å². The number of carbonyl (C=O) groups excluding carboxylic acids is 2. The molecule has 0 bridgehead atoms. The van der Waals surface area contributed by atoms with E-state index < -0.39 is 5.25 Å². The van der Waals surface area contributed by atoms with Crippen molar-refractivity contribution in [3.05, 3.63) is 48.2 Å². The van der Waals surface area contributed by atoms with Crippen molar-refractivity contribution in [1.29, 1.82) is 0 Å². The highest BCUT2D eigenvalue weighted by Gasteiger charge is 2.21. The third-order valence-electron chi connectivity index (χ3n) is 3.75. The lowest BCUT2D eigenvalue weighted by atomic mass is 10.1. The zero-order chi connectivity index (χ0) is 19.4. The first-order chi connectivity index (χ1) is 12.9. The second-order valence-electron chi connectivity index (χ2n) is 6.20. The molecular weight excluding hydrogens is 366 g/mol. The highest BCUT2D eigenvalue weighted by Crippen LogP contribution is 2.28. The normalized spacial score (nSPS) is 12.1. The molecule has 8 heteroatoms. The van der Waals surface area contributed by atoms with Gasteiger partial charge in [0.2, 0.25) is 5.91 Å². The van der Waals surface area contributed by atoms with Crippen LogP contribution in [-0.2, 0) is 4.79 Å². The van der Waals surface area contributed by atoms with E-state index in [9.17, 15) is 9.59 Å². The van der Waals surface area contributed by atoms with Crippen LogP contribution in [0.4, 0.5) is 5.69 Å². The predicted molar refractivity (Wildman–Crippen MR) is 102 cm³/mol. The van der Waals surface area contributed by atoms with Gasteiger partial charge >= 0.3 is 0 Å². The average Bonchev–Trinajstić information content (AvgIpc) is 3.33. The number of hydrogen-bond acceptors (Lipinski definition) is 7. The summed E-state index contributed by atoms with van der Waals surface area (Å²) in [6.07, 6.45) is 1.52.